The van der Waals surface area contributed by atoms with Gasteiger partial charge >= 0.3 is 5.97 Å². The highest BCUT2D eigenvalue weighted by Crippen LogP contribution is 2.30. The highest BCUT2D eigenvalue weighted by atomic mass is 35.5. The van der Waals surface area contributed by atoms with Crippen molar-refractivity contribution in [2.75, 3.05) is 7.11 Å². The zero-order valence-corrected chi connectivity index (χ0v) is 15.7. The minimum atomic E-state index is -0.511. The molecule has 0 spiro atoms. The van der Waals surface area contributed by atoms with Crippen LogP contribution in [0.4, 0.5) is 0 Å². The Balaban J connectivity index is 1.87. The summed E-state index contributed by atoms with van der Waals surface area (Å²) in [5, 5.41) is 10.1. The van der Waals surface area contributed by atoms with Gasteiger partial charge in [-0.2, -0.15) is 5.26 Å². The highest BCUT2D eigenvalue weighted by Gasteiger charge is 2.13. The van der Waals surface area contributed by atoms with E-state index < -0.39 is 5.97 Å². The van der Waals surface area contributed by atoms with Crippen LogP contribution in [-0.4, -0.2) is 18.1 Å². The Kier molecular flexibility index (Phi) is 6.05. The third-order valence-corrected chi connectivity index (χ3v) is 4.15. The molecular formula is C22H15ClN2O3. The smallest absolute Gasteiger partial charge is 0.343 e. The molecule has 0 fully saturated rings. The predicted octanol–water partition coefficient (Wildman–Crippen LogP) is 5.03. The van der Waals surface area contributed by atoms with Crippen molar-refractivity contribution in [2.24, 2.45) is 0 Å². The van der Waals surface area contributed by atoms with Crippen molar-refractivity contribution < 1.29 is 14.3 Å². The van der Waals surface area contributed by atoms with Gasteiger partial charge in [0.15, 0.2) is 11.5 Å². The molecule has 0 N–H and O–H groups in total. The van der Waals surface area contributed by atoms with E-state index in [9.17, 15) is 10.1 Å². The number of methoxy groups -OCH3 is 1. The molecule has 0 aliphatic carbocycles. The molecule has 3 aromatic rings. The molecule has 0 saturated heterocycles. The van der Waals surface area contributed by atoms with Crippen molar-refractivity contribution in [3.05, 3.63) is 88.7 Å². The van der Waals surface area contributed by atoms with E-state index in [4.69, 9.17) is 21.1 Å². The molecule has 3 rings (SSSR count). The Labute approximate surface area is 167 Å². The van der Waals surface area contributed by atoms with Gasteiger partial charge in [-0.1, -0.05) is 29.8 Å². The number of esters is 1. The van der Waals surface area contributed by atoms with Gasteiger partial charge in [0.2, 0.25) is 0 Å². The van der Waals surface area contributed by atoms with Gasteiger partial charge in [-0.25, -0.2) is 4.79 Å². The van der Waals surface area contributed by atoms with E-state index in [1.54, 1.807) is 60.7 Å². The Morgan fingerprint density at radius 3 is 2.39 bits per heavy atom. The largest absolute Gasteiger partial charge is 0.493 e. The summed E-state index contributed by atoms with van der Waals surface area (Å²) < 4.78 is 10.8. The lowest BCUT2D eigenvalue weighted by molar-refractivity contribution is 0.0729. The summed E-state index contributed by atoms with van der Waals surface area (Å²) in [5.41, 5.74) is 2.34. The van der Waals surface area contributed by atoms with Gasteiger partial charge in [-0.3, -0.25) is 4.98 Å². The lowest BCUT2D eigenvalue weighted by Gasteiger charge is -2.10. The van der Waals surface area contributed by atoms with E-state index in [1.165, 1.54) is 19.5 Å². The lowest BCUT2D eigenvalue weighted by Crippen LogP contribution is -2.09. The number of hydrogen-bond acceptors (Lipinski definition) is 5. The normalized spacial score (nSPS) is 10.8. The fourth-order valence-corrected chi connectivity index (χ4v) is 2.61. The van der Waals surface area contributed by atoms with Crippen LogP contribution in [0, 0.1) is 11.3 Å². The molecule has 1 aromatic heterocycles. The number of nitriles is 1. The molecular weight excluding hydrogens is 376 g/mol. The number of benzene rings is 2. The second kappa shape index (κ2) is 8.85. The first-order valence-corrected chi connectivity index (χ1v) is 8.66. The van der Waals surface area contributed by atoms with E-state index in [0.717, 1.165) is 11.1 Å². The molecule has 6 heteroatoms. The quantitative estimate of drug-likeness (QED) is 0.264. The van der Waals surface area contributed by atoms with E-state index in [0.29, 0.717) is 21.9 Å². The van der Waals surface area contributed by atoms with Crippen LogP contribution in [-0.2, 0) is 0 Å². The van der Waals surface area contributed by atoms with Gasteiger partial charge in [0.25, 0.3) is 0 Å². The monoisotopic (exact) mass is 390 g/mol. The highest BCUT2D eigenvalue weighted by molar-refractivity contribution is 6.30. The minimum Gasteiger partial charge on any atom is -0.493 e. The van der Waals surface area contributed by atoms with Crippen LogP contribution in [0.1, 0.15) is 21.5 Å². The van der Waals surface area contributed by atoms with E-state index in [-0.39, 0.29) is 5.75 Å². The van der Waals surface area contributed by atoms with Gasteiger partial charge in [0, 0.05) is 17.4 Å². The third kappa shape index (κ3) is 4.56. The molecule has 28 heavy (non-hydrogen) atoms. The number of halogens is 1. The Hall–Kier alpha value is -3.62. The summed E-state index contributed by atoms with van der Waals surface area (Å²) in [6.07, 6.45) is 4.75. The third-order valence-electron chi connectivity index (χ3n) is 3.89. The number of rotatable bonds is 5. The number of nitrogens with zero attached hydrogens (tertiary/aromatic N) is 2. The van der Waals surface area contributed by atoms with Crippen LogP contribution in [0.3, 0.4) is 0 Å². The average Bonchev–Trinajstić information content (AvgIpc) is 2.74. The Morgan fingerprint density at radius 2 is 1.75 bits per heavy atom. The summed E-state index contributed by atoms with van der Waals surface area (Å²) in [4.78, 5) is 16.1. The van der Waals surface area contributed by atoms with Gasteiger partial charge in [0.1, 0.15) is 0 Å². The summed E-state index contributed by atoms with van der Waals surface area (Å²) >= 11 is 5.90. The van der Waals surface area contributed by atoms with E-state index >= 15 is 0 Å². The first-order valence-electron chi connectivity index (χ1n) is 8.28. The molecule has 1 heterocycles. The molecule has 0 aliphatic rings. The fraction of sp³-hybridized carbons (Fsp3) is 0.0455. The number of carbonyl (C=O) groups excluding carboxylic acids is 1. The molecule has 0 bridgehead atoms. The Morgan fingerprint density at radius 1 is 1.04 bits per heavy atom. The van der Waals surface area contributed by atoms with Gasteiger partial charge < -0.3 is 9.47 Å². The molecule has 0 unspecified atom stereocenters. The molecule has 0 saturated carbocycles. The molecule has 5 nitrogen and oxygen atoms in total. The lowest BCUT2D eigenvalue weighted by atomic mass is 10.0. The SMILES string of the molecule is COc1cc(/C=C(/C#N)c2ccc(Cl)cc2)ccc1OC(=O)c1ccncc1. The second-order valence-electron chi connectivity index (χ2n) is 5.71. The van der Waals surface area contributed by atoms with Crippen molar-refractivity contribution in [3.63, 3.8) is 0 Å². The maximum atomic E-state index is 12.2. The first kappa shape index (κ1) is 19.2. The molecule has 2 aromatic carbocycles. The molecule has 0 atom stereocenters. The van der Waals surface area contributed by atoms with Gasteiger partial charge in [-0.15, -0.1) is 0 Å². The summed E-state index contributed by atoms with van der Waals surface area (Å²) in [5.74, 6) is 0.152. The number of hydrogen-bond donors (Lipinski definition) is 0. The van der Waals surface area contributed by atoms with Crippen molar-refractivity contribution in [1.82, 2.24) is 4.98 Å². The average molecular weight is 391 g/mol. The number of carbonyl (C=O) groups is 1. The van der Waals surface area contributed by atoms with E-state index in [1.807, 2.05) is 0 Å². The van der Waals surface area contributed by atoms with Crippen LogP contribution < -0.4 is 9.47 Å². The van der Waals surface area contributed by atoms with Gasteiger partial charge in [-0.05, 0) is 53.6 Å². The first-order chi connectivity index (χ1) is 13.6. The maximum absolute atomic E-state index is 12.2. The summed E-state index contributed by atoms with van der Waals surface area (Å²) in [7, 11) is 1.48. The topological polar surface area (TPSA) is 72.2 Å². The van der Waals surface area contributed by atoms with Gasteiger partial charge in [0.05, 0.1) is 24.3 Å². The van der Waals surface area contributed by atoms with Crippen molar-refractivity contribution in [2.45, 2.75) is 0 Å². The molecule has 138 valence electrons. The predicted molar refractivity (Wildman–Crippen MR) is 107 cm³/mol. The number of allylic oxidation sites excluding steroid dienone is 1. The van der Waals surface area contributed by atoms with E-state index in [2.05, 4.69) is 11.1 Å². The molecule has 0 aliphatic heterocycles. The van der Waals surface area contributed by atoms with Crippen LogP contribution in [0.5, 0.6) is 11.5 Å². The number of ether oxygens (including phenoxy) is 2. The summed E-state index contributed by atoms with van der Waals surface area (Å²) in [6, 6.07) is 17.4. The van der Waals surface area contributed by atoms with Crippen molar-refractivity contribution in [1.29, 1.82) is 5.26 Å². The number of pyridine rings is 1. The zero-order chi connectivity index (χ0) is 19.9. The summed E-state index contributed by atoms with van der Waals surface area (Å²) in [6.45, 7) is 0. The molecule has 0 amide bonds. The maximum Gasteiger partial charge on any atom is 0.343 e. The van der Waals surface area contributed by atoms with Crippen LogP contribution in [0.15, 0.2) is 67.0 Å². The fourth-order valence-electron chi connectivity index (χ4n) is 2.48. The zero-order valence-electron chi connectivity index (χ0n) is 14.9. The Bertz CT molecular complexity index is 1060. The van der Waals surface area contributed by atoms with Crippen molar-refractivity contribution >= 4 is 29.2 Å². The minimum absolute atomic E-state index is 0.284. The second-order valence-corrected chi connectivity index (χ2v) is 6.15. The number of aromatic nitrogens is 1. The standard InChI is InChI=1S/C22H15ClN2O3/c1-27-21-13-15(12-18(14-24)16-3-5-19(23)6-4-16)2-7-20(21)28-22(26)17-8-10-25-11-9-17/h2-13H,1H3/b18-12-. The van der Waals surface area contributed by atoms with Crippen LogP contribution in [0.25, 0.3) is 11.6 Å². The van der Waals surface area contributed by atoms with Crippen molar-refractivity contribution in [3.8, 4) is 17.6 Å². The molecule has 0 radical (unpaired) electrons. The van der Waals surface area contributed by atoms with Crippen LogP contribution >= 0.6 is 11.6 Å². The van der Waals surface area contributed by atoms with Crippen LogP contribution in [0.2, 0.25) is 5.02 Å².